The van der Waals surface area contributed by atoms with Gasteiger partial charge in [-0.3, -0.25) is 4.79 Å². The van der Waals surface area contributed by atoms with E-state index >= 15 is 0 Å². The highest BCUT2D eigenvalue weighted by Crippen LogP contribution is 2.47. The van der Waals surface area contributed by atoms with Gasteiger partial charge in [0.25, 0.3) is 0 Å². The highest BCUT2D eigenvalue weighted by Gasteiger charge is 2.34. The lowest BCUT2D eigenvalue weighted by Crippen LogP contribution is -2.21. The molecule has 0 fully saturated rings. The molecule has 32 heavy (non-hydrogen) atoms. The van der Waals surface area contributed by atoms with Crippen molar-refractivity contribution in [1.82, 2.24) is 0 Å². The Bertz CT molecular complexity index is 1080. The third kappa shape index (κ3) is 4.74. The van der Waals surface area contributed by atoms with Gasteiger partial charge in [0.1, 0.15) is 40.4 Å². The van der Waals surface area contributed by atoms with Gasteiger partial charge in [0, 0.05) is 23.3 Å². The number of Topliss-reactive ketones (excluding diaryl/α,β-unsaturated/α-hetero) is 1. The van der Waals surface area contributed by atoms with Crippen LogP contribution in [0.2, 0.25) is 0 Å². The van der Waals surface area contributed by atoms with Gasteiger partial charge < -0.3 is 24.8 Å². The van der Waals surface area contributed by atoms with Crippen LogP contribution in [0.1, 0.15) is 61.2 Å². The Balaban J connectivity index is 1.96. The number of ketones is 1. The molecule has 0 aliphatic carbocycles. The van der Waals surface area contributed by atoms with Crippen LogP contribution in [0, 0.1) is 5.92 Å². The summed E-state index contributed by atoms with van der Waals surface area (Å²) in [6.45, 7) is 9.99. The molecule has 1 aliphatic heterocycles. The Morgan fingerprint density at radius 3 is 2.59 bits per heavy atom. The van der Waals surface area contributed by atoms with Crippen molar-refractivity contribution in [3.05, 3.63) is 64.8 Å². The standard InChI is InChI=1S/C26H30O6/c1-14(2)6-7-16(15(3)4)10-19-20(28)12-24-25(26(19)30)21(29)13-23(32-24)18-9-8-17(27)11-22(18)31-5/h6,8-9,11-12,16,23,27-28,30H,3,7,10,13H2,1-2,4-5H3/t16-,23-/m0/s1. The number of ether oxygens (including phenoxy) is 2. The second kappa shape index (κ2) is 9.39. The lowest BCUT2D eigenvalue weighted by atomic mass is 9.86. The maximum atomic E-state index is 13.0. The van der Waals surface area contributed by atoms with Gasteiger partial charge in [-0.25, -0.2) is 0 Å². The van der Waals surface area contributed by atoms with Crippen molar-refractivity contribution >= 4 is 5.78 Å². The summed E-state index contributed by atoms with van der Waals surface area (Å²) in [7, 11) is 1.47. The quantitative estimate of drug-likeness (QED) is 0.486. The zero-order valence-electron chi connectivity index (χ0n) is 18.9. The van der Waals surface area contributed by atoms with Gasteiger partial charge in [-0.2, -0.15) is 0 Å². The third-order valence-electron chi connectivity index (χ3n) is 5.79. The number of hydrogen-bond donors (Lipinski definition) is 3. The molecule has 170 valence electrons. The molecular formula is C26H30O6. The minimum atomic E-state index is -0.670. The molecule has 2 aromatic carbocycles. The van der Waals surface area contributed by atoms with Gasteiger partial charge in [-0.1, -0.05) is 23.8 Å². The van der Waals surface area contributed by atoms with E-state index < -0.39 is 6.10 Å². The van der Waals surface area contributed by atoms with E-state index in [0.29, 0.717) is 23.3 Å². The number of benzene rings is 2. The van der Waals surface area contributed by atoms with Crippen molar-refractivity contribution in [2.45, 2.75) is 46.1 Å². The fraction of sp³-hybridized carbons (Fsp3) is 0.346. The van der Waals surface area contributed by atoms with Crippen LogP contribution in [0.3, 0.4) is 0 Å². The lowest BCUT2D eigenvalue weighted by molar-refractivity contribution is 0.0841. The molecule has 1 heterocycles. The van der Waals surface area contributed by atoms with Crippen LogP contribution in [0.5, 0.6) is 28.7 Å². The SMILES string of the molecule is C=C(C)[C@@H](CC=C(C)C)Cc1c(O)cc2c(c1O)C(=O)C[C@@H](c1ccc(O)cc1OC)O2. The second-order valence-electron chi connectivity index (χ2n) is 8.52. The van der Waals surface area contributed by atoms with E-state index in [4.69, 9.17) is 9.47 Å². The lowest BCUT2D eigenvalue weighted by Gasteiger charge is -2.28. The number of methoxy groups -OCH3 is 1. The maximum Gasteiger partial charge on any atom is 0.174 e. The summed E-state index contributed by atoms with van der Waals surface area (Å²) >= 11 is 0. The summed E-state index contributed by atoms with van der Waals surface area (Å²) in [5.74, 6) is -0.112. The summed E-state index contributed by atoms with van der Waals surface area (Å²) in [5.41, 5.74) is 3.10. The minimum absolute atomic E-state index is 0.00636. The van der Waals surface area contributed by atoms with E-state index in [1.165, 1.54) is 30.9 Å². The smallest absolute Gasteiger partial charge is 0.174 e. The van der Waals surface area contributed by atoms with E-state index in [9.17, 15) is 20.1 Å². The molecule has 0 radical (unpaired) electrons. The number of carbonyl (C=O) groups excluding carboxylic acids is 1. The first-order valence-electron chi connectivity index (χ1n) is 10.6. The van der Waals surface area contributed by atoms with Crippen LogP contribution in [0.4, 0.5) is 0 Å². The normalized spacial score (nSPS) is 16.0. The van der Waals surface area contributed by atoms with Gasteiger partial charge in [0.2, 0.25) is 0 Å². The number of allylic oxidation sites excluding steroid dienone is 3. The first-order valence-corrected chi connectivity index (χ1v) is 10.6. The molecule has 0 unspecified atom stereocenters. The average Bonchev–Trinajstić information content (AvgIpc) is 2.71. The Morgan fingerprint density at radius 2 is 1.97 bits per heavy atom. The van der Waals surface area contributed by atoms with Gasteiger partial charge in [-0.15, -0.1) is 0 Å². The van der Waals surface area contributed by atoms with Crippen LogP contribution in [-0.4, -0.2) is 28.2 Å². The molecule has 1 aliphatic rings. The van der Waals surface area contributed by atoms with Gasteiger partial charge >= 0.3 is 0 Å². The first-order chi connectivity index (χ1) is 15.1. The summed E-state index contributed by atoms with van der Waals surface area (Å²) in [4.78, 5) is 13.0. The molecule has 3 N–H and O–H groups in total. The largest absolute Gasteiger partial charge is 0.508 e. The molecule has 2 atom stereocenters. The summed E-state index contributed by atoms with van der Waals surface area (Å²) in [6, 6.07) is 5.95. The molecule has 0 bridgehead atoms. The van der Waals surface area contributed by atoms with Crippen molar-refractivity contribution < 1.29 is 29.6 Å². The van der Waals surface area contributed by atoms with Crippen LogP contribution in [0.15, 0.2) is 48.1 Å². The van der Waals surface area contributed by atoms with Crippen LogP contribution >= 0.6 is 0 Å². The van der Waals surface area contributed by atoms with Crippen LogP contribution in [-0.2, 0) is 6.42 Å². The van der Waals surface area contributed by atoms with E-state index in [0.717, 1.165) is 12.0 Å². The van der Waals surface area contributed by atoms with Crippen molar-refractivity contribution in [2.24, 2.45) is 5.92 Å². The first kappa shape index (κ1) is 23.3. The Hall–Kier alpha value is -3.41. The zero-order valence-corrected chi connectivity index (χ0v) is 18.9. The summed E-state index contributed by atoms with van der Waals surface area (Å²) < 4.78 is 11.3. The maximum absolute atomic E-state index is 13.0. The number of aromatic hydroxyl groups is 3. The van der Waals surface area contributed by atoms with Crippen LogP contribution in [0.25, 0.3) is 0 Å². The fourth-order valence-corrected chi connectivity index (χ4v) is 3.92. The van der Waals surface area contributed by atoms with E-state index in [1.807, 2.05) is 20.8 Å². The zero-order chi connectivity index (χ0) is 23.6. The molecule has 6 heteroatoms. The fourth-order valence-electron chi connectivity index (χ4n) is 3.92. The molecule has 0 amide bonds. The van der Waals surface area contributed by atoms with E-state index in [2.05, 4.69) is 12.7 Å². The molecule has 0 saturated carbocycles. The number of fused-ring (bicyclic) bond motifs is 1. The molecule has 3 rings (SSSR count). The number of rotatable bonds is 7. The van der Waals surface area contributed by atoms with Crippen molar-refractivity contribution in [3.63, 3.8) is 0 Å². The number of phenols is 3. The van der Waals surface area contributed by atoms with E-state index in [-0.39, 0.29) is 46.7 Å². The van der Waals surface area contributed by atoms with Crippen molar-refractivity contribution in [3.8, 4) is 28.7 Å². The second-order valence-corrected chi connectivity index (χ2v) is 8.52. The van der Waals surface area contributed by atoms with Gasteiger partial charge in [-0.05, 0) is 51.7 Å². The molecular weight excluding hydrogens is 408 g/mol. The topological polar surface area (TPSA) is 96.2 Å². The molecule has 0 spiro atoms. The van der Waals surface area contributed by atoms with Gasteiger partial charge in [0.15, 0.2) is 5.78 Å². The number of phenolic OH excluding ortho intramolecular Hbond substituents is 3. The van der Waals surface area contributed by atoms with Gasteiger partial charge in [0.05, 0.1) is 13.5 Å². The highest BCUT2D eigenvalue weighted by atomic mass is 16.5. The summed E-state index contributed by atoms with van der Waals surface area (Å²) in [5, 5.41) is 31.3. The molecule has 0 aromatic heterocycles. The van der Waals surface area contributed by atoms with E-state index in [1.54, 1.807) is 6.07 Å². The Morgan fingerprint density at radius 1 is 1.25 bits per heavy atom. The molecule has 2 aromatic rings. The third-order valence-corrected chi connectivity index (χ3v) is 5.79. The molecule has 6 nitrogen and oxygen atoms in total. The predicted molar refractivity (Wildman–Crippen MR) is 123 cm³/mol. The highest BCUT2D eigenvalue weighted by molar-refractivity contribution is 6.03. The number of carbonyl (C=O) groups is 1. The summed E-state index contributed by atoms with van der Waals surface area (Å²) in [6.07, 6.45) is 2.49. The average molecular weight is 439 g/mol. The minimum Gasteiger partial charge on any atom is -0.508 e. The predicted octanol–water partition coefficient (Wildman–Crippen LogP) is 5.61. The molecule has 0 saturated heterocycles. The van der Waals surface area contributed by atoms with Crippen LogP contribution < -0.4 is 9.47 Å². The van der Waals surface area contributed by atoms with Crippen molar-refractivity contribution in [2.75, 3.05) is 7.11 Å². The number of hydrogen-bond acceptors (Lipinski definition) is 6. The Labute approximate surface area is 188 Å². The Kier molecular flexibility index (Phi) is 6.82. The van der Waals surface area contributed by atoms with Crippen molar-refractivity contribution in [1.29, 1.82) is 0 Å². The monoisotopic (exact) mass is 438 g/mol.